The number of fused-ring (bicyclic) bond motifs is 1. The largest absolute Gasteiger partial charge is 0.391 e. The Morgan fingerprint density at radius 1 is 1.30 bits per heavy atom. The molecule has 0 aromatic carbocycles. The molecule has 5 heteroatoms. The SMILES string of the molecule is CCCCCCC(C(C)O)n1cnc2c(Cl)nccc21. The lowest BCUT2D eigenvalue weighted by Crippen LogP contribution is -2.20. The van der Waals surface area contributed by atoms with Gasteiger partial charge in [0.05, 0.1) is 24.0 Å². The molecule has 0 saturated heterocycles. The number of hydrogen-bond donors (Lipinski definition) is 1. The van der Waals surface area contributed by atoms with E-state index in [1.54, 1.807) is 12.5 Å². The normalized spacial score (nSPS) is 14.6. The topological polar surface area (TPSA) is 50.9 Å². The van der Waals surface area contributed by atoms with Crippen LogP contribution in [0.3, 0.4) is 0 Å². The number of halogens is 1. The van der Waals surface area contributed by atoms with E-state index in [1.165, 1.54) is 19.3 Å². The molecule has 2 unspecified atom stereocenters. The van der Waals surface area contributed by atoms with Gasteiger partial charge in [-0.2, -0.15) is 0 Å². The van der Waals surface area contributed by atoms with Gasteiger partial charge in [-0.3, -0.25) is 0 Å². The first-order chi connectivity index (χ1) is 9.65. The molecule has 20 heavy (non-hydrogen) atoms. The van der Waals surface area contributed by atoms with Crippen molar-refractivity contribution in [2.24, 2.45) is 0 Å². The average Bonchev–Trinajstić information content (AvgIpc) is 2.84. The van der Waals surface area contributed by atoms with Crippen LogP contribution in [-0.2, 0) is 0 Å². The van der Waals surface area contributed by atoms with Crippen molar-refractivity contribution in [2.75, 3.05) is 0 Å². The van der Waals surface area contributed by atoms with Crippen LogP contribution in [0.25, 0.3) is 11.0 Å². The molecule has 1 N–H and O–H groups in total. The summed E-state index contributed by atoms with van der Waals surface area (Å²) >= 11 is 6.05. The first kappa shape index (κ1) is 15.3. The second-order valence-corrected chi connectivity index (χ2v) is 5.64. The Kier molecular flexibility index (Phi) is 5.38. The van der Waals surface area contributed by atoms with E-state index in [2.05, 4.69) is 16.9 Å². The predicted molar refractivity (Wildman–Crippen MR) is 82.0 cm³/mol. The number of pyridine rings is 1. The number of nitrogens with zero attached hydrogens (tertiary/aromatic N) is 3. The molecule has 2 atom stereocenters. The maximum Gasteiger partial charge on any atom is 0.156 e. The van der Waals surface area contributed by atoms with Crippen LogP contribution in [0.5, 0.6) is 0 Å². The molecule has 0 aliphatic carbocycles. The maximum absolute atomic E-state index is 10.1. The zero-order valence-corrected chi connectivity index (χ0v) is 12.8. The minimum atomic E-state index is -0.416. The van der Waals surface area contributed by atoms with Crippen LogP contribution < -0.4 is 0 Å². The standard InChI is InChI=1S/C15H22ClN3O/c1-3-4-5-6-7-12(11(2)20)19-10-18-14-13(19)8-9-17-15(14)16/h8-12,20H,3-7H2,1-2H3. The summed E-state index contributed by atoms with van der Waals surface area (Å²) < 4.78 is 2.03. The van der Waals surface area contributed by atoms with Gasteiger partial charge < -0.3 is 9.67 Å². The summed E-state index contributed by atoms with van der Waals surface area (Å²) in [6.07, 6.45) is 8.75. The molecule has 0 aliphatic rings. The lowest BCUT2D eigenvalue weighted by atomic mass is 10.0. The number of hydrogen-bond acceptors (Lipinski definition) is 3. The van der Waals surface area contributed by atoms with Crippen LogP contribution in [0.4, 0.5) is 0 Å². The van der Waals surface area contributed by atoms with Gasteiger partial charge in [0.25, 0.3) is 0 Å². The van der Waals surface area contributed by atoms with E-state index in [0.717, 1.165) is 18.4 Å². The zero-order chi connectivity index (χ0) is 14.5. The molecule has 2 aromatic heterocycles. The van der Waals surface area contributed by atoms with Gasteiger partial charge in [-0.05, 0) is 19.4 Å². The van der Waals surface area contributed by atoms with E-state index >= 15 is 0 Å². The second kappa shape index (κ2) is 7.04. The van der Waals surface area contributed by atoms with E-state index in [-0.39, 0.29) is 6.04 Å². The van der Waals surface area contributed by atoms with Gasteiger partial charge in [0.15, 0.2) is 5.15 Å². The number of imidazole rings is 1. The van der Waals surface area contributed by atoms with Crippen molar-refractivity contribution in [3.8, 4) is 0 Å². The van der Waals surface area contributed by atoms with Crippen molar-refractivity contribution in [3.05, 3.63) is 23.7 Å². The van der Waals surface area contributed by atoms with Crippen LogP contribution in [0, 0.1) is 0 Å². The van der Waals surface area contributed by atoms with E-state index in [1.807, 2.05) is 17.6 Å². The lowest BCUT2D eigenvalue weighted by molar-refractivity contribution is 0.125. The third-order valence-corrected chi connectivity index (χ3v) is 3.99. The molecule has 0 spiro atoms. The van der Waals surface area contributed by atoms with E-state index in [0.29, 0.717) is 10.7 Å². The molecule has 110 valence electrons. The molecule has 0 amide bonds. The fourth-order valence-electron chi connectivity index (χ4n) is 2.59. The molecular weight excluding hydrogens is 274 g/mol. The van der Waals surface area contributed by atoms with E-state index in [4.69, 9.17) is 11.6 Å². The maximum atomic E-state index is 10.1. The summed E-state index contributed by atoms with van der Waals surface area (Å²) in [4.78, 5) is 8.36. The van der Waals surface area contributed by atoms with Crippen molar-refractivity contribution >= 4 is 22.6 Å². The monoisotopic (exact) mass is 295 g/mol. The van der Waals surface area contributed by atoms with E-state index < -0.39 is 6.10 Å². The van der Waals surface area contributed by atoms with Gasteiger partial charge in [0.2, 0.25) is 0 Å². The number of rotatable bonds is 7. The molecule has 0 bridgehead atoms. The molecule has 0 aliphatic heterocycles. The molecule has 0 radical (unpaired) electrons. The van der Waals surface area contributed by atoms with Gasteiger partial charge in [-0.15, -0.1) is 0 Å². The van der Waals surface area contributed by atoms with Crippen molar-refractivity contribution < 1.29 is 5.11 Å². The summed E-state index contributed by atoms with van der Waals surface area (Å²) in [5, 5.41) is 10.5. The zero-order valence-electron chi connectivity index (χ0n) is 12.1. The number of aliphatic hydroxyl groups excluding tert-OH is 1. The van der Waals surface area contributed by atoms with Crippen molar-refractivity contribution in [1.29, 1.82) is 0 Å². The summed E-state index contributed by atoms with van der Waals surface area (Å²) in [5.74, 6) is 0. The number of unbranched alkanes of at least 4 members (excludes halogenated alkanes) is 3. The highest BCUT2D eigenvalue weighted by Gasteiger charge is 2.19. The van der Waals surface area contributed by atoms with Crippen molar-refractivity contribution in [1.82, 2.24) is 14.5 Å². The van der Waals surface area contributed by atoms with Crippen LogP contribution in [0.2, 0.25) is 5.15 Å². The number of aromatic nitrogens is 3. The Labute approximate surface area is 124 Å². The molecule has 0 saturated carbocycles. The third kappa shape index (κ3) is 3.30. The first-order valence-corrected chi connectivity index (χ1v) is 7.68. The van der Waals surface area contributed by atoms with E-state index in [9.17, 15) is 5.11 Å². The third-order valence-electron chi connectivity index (χ3n) is 3.72. The Morgan fingerprint density at radius 2 is 2.10 bits per heavy atom. The minimum absolute atomic E-state index is 0.0373. The Balaban J connectivity index is 2.21. The highest BCUT2D eigenvalue weighted by Crippen LogP contribution is 2.27. The molecule has 2 aromatic rings. The van der Waals surface area contributed by atoms with Gasteiger partial charge in [-0.25, -0.2) is 9.97 Å². The molecule has 2 rings (SSSR count). The van der Waals surface area contributed by atoms with Gasteiger partial charge >= 0.3 is 0 Å². The van der Waals surface area contributed by atoms with Crippen molar-refractivity contribution in [3.63, 3.8) is 0 Å². The number of aliphatic hydroxyl groups is 1. The highest BCUT2D eigenvalue weighted by molar-refractivity contribution is 6.33. The fraction of sp³-hybridized carbons (Fsp3) is 0.600. The van der Waals surface area contributed by atoms with Gasteiger partial charge in [0.1, 0.15) is 5.52 Å². The highest BCUT2D eigenvalue weighted by atomic mass is 35.5. The van der Waals surface area contributed by atoms with Crippen LogP contribution in [0.15, 0.2) is 18.6 Å². The van der Waals surface area contributed by atoms with Gasteiger partial charge in [-0.1, -0.05) is 44.2 Å². The summed E-state index contributed by atoms with van der Waals surface area (Å²) in [7, 11) is 0. The van der Waals surface area contributed by atoms with Crippen LogP contribution in [-0.4, -0.2) is 25.7 Å². The second-order valence-electron chi connectivity index (χ2n) is 5.28. The molecule has 4 nitrogen and oxygen atoms in total. The van der Waals surface area contributed by atoms with Crippen LogP contribution >= 0.6 is 11.6 Å². The summed E-state index contributed by atoms with van der Waals surface area (Å²) in [5.41, 5.74) is 1.64. The Hall–Kier alpha value is -1.13. The Bertz CT molecular complexity index is 553. The first-order valence-electron chi connectivity index (χ1n) is 7.30. The van der Waals surface area contributed by atoms with Gasteiger partial charge in [0, 0.05) is 6.20 Å². The lowest BCUT2D eigenvalue weighted by Gasteiger charge is -2.22. The molecular formula is C15H22ClN3O. The molecule has 0 fully saturated rings. The quantitative estimate of drug-likeness (QED) is 0.621. The van der Waals surface area contributed by atoms with Crippen LogP contribution in [0.1, 0.15) is 52.0 Å². The summed E-state index contributed by atoms with van der Waals surface area (Å²) in [6.45, 7) is 4.03. The smallest absolute Gasteiger partial charge is 0.156 e. The Morgan fingerprint density at radius 3 is 2.80 bits per heavy atom. The molecule has 2 heterocycles. The van der Waals surface area contributed by atoms with Crippen molar-refractivity contribution in [2.45, 2.75) is 58.1 Å². The fourth-order valence-corrected chi connectivity index (χ4v) is 2.79. The minimum Gasteiger partial charge on any atom is -0.391 e. The average molecular weight is 296 g/mol. The summed E-state index contributed by atoms with van der Waals surface area (Å²) in [6, 6.07) is 1.94. The predicted octanol–water partition coefficient (Wildman–Crippen LogP) is 3.98.